The van der Waals surface area contributed by atoms with E-state index in [0.717, 1.165) is 53.4 Å². The van der Waals surface area contributed by atoms with E-state index < -0.39 is 0 Å². The van der Waals surface area contributed by atoms with Crippen LogP contribution in [0.25, 0.3) is 20.1 Å². The third kappa shape index (κ3) is 3.33. The summed E-state index contributed by atoms with van der Waals surface area (Å²) in [5.74, 6) is 0. The van der Waals surface area contributed by atoms with Gasteiger partial charge in [0.1, 0.15) is 0 Å². The largest absolute Gasteiger partial charge is 0.345 e. The van der Waals surface area contributed by atoms with E-state index in [4.69, 9.17) is 4.98 Å². The van der Waals surface area contributed by atoms with Crippen LogP contribution in [0.4, 0.5) is 10.3 Å². The first-order chi connectivity index (χ1) is 13.3. The van der Waals surface area contributed by atoms with E-state index in [2.05, 4.69) is 62.6 Å². The highest BCUT2D eigenvalue weighted by Crippen LogP contribution is 2.33. The number of aryl methyl sites for hydroxylation is 1. The number of nitrogens with zero attached hydrogens (tertiary/aromatic N) is 5. The van der Waals surface area contributed by atoms with Gasteiger partial charge >= 0.3 is 0 Å². The Labute approximate surface area is 169 Å². The predicted octanol–water partition coefficient (Wildman–Crippen LogP) is 4.77. The van der Waals surface area contributed by atoms with Crippen LogP contribution in [0.5, 0.6) is 0 Å². The SMILES string of the molecule is CCc1ccc2nc(N3CCN(c4nnc(-c5cccs5)s4)CC3)sc2c1. The van der Waals surface area contributed by atoms with Crippen LogP contribution in [-0.2, 0) is 6.42 Å². The second-order valence-corrected chi connectivity index (χ2v) is 9.41. The molecule has 1 fully saturated rings. The van der Waals surface area contributed by atoms with E-state index in [1.807, 2.05) is 0 Å². The molecule has 1 saturated heterocycles. The molecule has 138 valence electrons. The van der Waals surface area contributed by atoms with Gasteiger partial charge < -0.3 is 9.80 Å². The van der Waals surface area contributed by atoms with Gasteiger partial charge in [0.05, 0.1) is 15.1 Å². The first-order valence-corrected chi connectivity index (χ1v) is 11.6. The average molecular weight is 414 g/mol. The van der Waals surface area contributed by atoms with Gasteiger partial charge in [-0.3, -0.25) is 0 Å². The minimum atomic E-state index is 0.954. The molecule has 0 bridgehead atoms. The molecule has 0 aliphatic carbocycles. The zero-order valence-electron chi connectivity index (χ0n) is 15.0. The second-order valence-electron chi connectivity index (χ2n) is 6.49. The third-order valence-corrected chi connectivity index (χ3v) is 7.92. The van der Waals surface area contributed by atoms with Crippen molar-refractivity contribution in [2.24, 2.45) is 0 Å². The average Bonchev–Trinajstić information content (AvgIpc) is 3.47. The maximum atomic E-state index is 4.85. The Morgan fingerprint density at radius 2 is 1.78 bits per heavy atom. The third-order valence-electron chi connectivity index (χ3n) is 4.82. The Kier molecular flexibility index (Phi) is 4.55. The molecule has 0 unspecified atom stereocenters. The molecule has 0 amide bonds. The molecule has 3 aromatic heterocycles. The predicted molar refractivity (Wildman–Crippen MR) is 117 cm³/mol. The number of hydrogen-bond acceptors (Lipinski definition) is 8. The quantitative estimate of drug-likeness (QED) is 0.482. The molecule has 0 spiro atoms. The molecular weight excluding hydrogens is 394 g/mol. The minimum Gasteiger partial charge on any atom is -0.345 e. The molecule has 0 radical (unpaired) electrons. The highest BCUT2D eigenvalue weighted by atomic mass is 32.1. The molecule has 4 aromatic rings. The molecule has 1 aliphatic rings. The fourth-order valence-electron chi connectivity index (χ4n) is 3.24. The summed E-state index contributed by atoms with van der Waals surface area (Å²) in [7, 11) is 0. The minimum absolute atomic E-state index is 0.954. The highest BCUT2D eigenvalue weighted by Gasteiger charge is 2.22. The van der Waals surface area contributed by atoms with Gasteiger partial charge in [-0.05, 0) is 35.6 Å². The number of thiazole rings is 1. The zero-order valence-corrected chi connectivity index (χ0v) is 17.4. The molecule has 8 heteroatoms. The van der Waals surface area contributed by atoms with E-state index in [1.165, 1.54) is 15.1 Å². The van der Waals surface area contributed by atoms with Crippen LogP contribution in [0, 0.1) is 0 Å². The summed E-state index contributed by atoms with van der Waals surface area (Å²) in [5, 5.41) is 14.0. The number of piperazine rings is 1. The van der Waals surface area contributed by atoms with Crippen molar-refractivity contribution in [3.05, 3.63) is 41.3 Å². The number of anilines is 2. The van der Waals surface area contributed by atoms with Gasteiger partial charge in [0.25, 0.3) is 0 Å². The van der Waals surface area contributed by atoms with Crippen molar-refractivity contribution in [1.82, 2.24) is 15.2 Å². The van der Waals surface area contributed by atoms with Gasteiger partial charge in [0.2, 0.25) is 5.13 Å². The van der Waals surface area contributed by atoms with Crippen molar-refractivity contribution >= 4 is 54.5 Å². The number of rotatable bonds is 4. The summed E-state index contributed by atoms with van der Waals surface area (Å²) < 4.78 is 1.29. The van der Waals surface area contributed by atoms with Crippen LogP contribution in [0.2, 0.25) is 0 Å². The van der Waals surface area contributed by atoms with E-state index in [1.54, 1.807) is 34.0 Å². The molecule has 0 atom stereocenters. The molecular formula is C19H19N5S3. The van der Waals surface area contributed by atoms with Gasteiger partial charge in [-0.25, -0.2) is 4.98 Å². The lowest BCUT2D eigenvalue weighted by atomic mass is 10.2. The molecule has 5 rings (SSSR count). The van der Waals surface area contributed by atoms with Crippen LogP contribution in [0.15, 0.2) is 35.7 Å². The van der Waals surface area contributed by atoms with Crippen molar-refractivity contribution in [2.75, 3.05) is 36.0 Å². The summed E-state index contributed by atoms with van der Waals surface area (Å²) in [4.78, 5) is 10.8. The smallest absolute Gasteiger partial charge is 0.208 e. The van der Waals surface area contributed by atoms with Gasteiger partial charge in [0.15, 0.2) is 10.1 Å². The fourth-order valence-corrected chi connectivity index (χ4v) is 6.01. The number of thiophene rings is 1. The topological polar surface area (TPSA) is 45.2 Å². The van der Waals surface area contributed by atoms with Gasteiger partial charge in [-0.15, -0.1) is 21.5 Å². The summed E-state index contributed by atoms with van der Waals surface area (Å²) in [5.41, 5.74) is 2.49. The number of benzene rings is 1. The number of aromatic nitrogens is 3. The van der Waals surface area contributed by atoms with E-state index in [9.17, 15) is 0 Å². The van der Waals surface area contributed by atoms with E-state index in [-0.39, 0.29) is 0 Å². The Morgan fingerprint density at radius 1 is 0.963 bits per heavy atom. The lowest BCUT2D eigenvalue weighted by molar-refractivity contribution is 0.649. The van der Waals surface area contributed by atoms with Crippen molar-refractivity contribution < 1.29 is 0 Å². The van der Waals surface area contributed by atoms with Crippen LogP contribution in [0.3, 0.4) is 0 Å². The maximum Gasteiger partial charge on any atom is 0.208 e. The lowest BCUT2D eigenvalue weighted by Gasteiger charge is -2.34. The van der Waals surface area contributed by atoms with Gasteiger partial charge in [-0.1, -0.05) is 41.7 Å². The molecule has 1 aliphatic heterocycles. The van der Waals surface area contributed by atoms with Crippen LogP contribution in [0.1, 0.15) is 12.5 Å². The van der Waals surface area contributed by atoms with Gasteiger partial charge in [0, 0.05) is 26.2 Å². The van der Waals surface area contributed by atoms with Crippen LogP contribution in [-0.4, -0.2) is 41.4 Å². The van der Waals surface area contributed by atoms with Crippen LogP contribution < -0.4 is 9.80 Å². The first-order valence-electron chi connectivity index (χ1n) is 9.07. The van der Waals surface area contributed by atoms with Crippen molar-refractivity contribution in [2.45, 2.75) is 13.3 Å². The van der Waals surface area contributed by atoms with E-state index >= 15 is 0 Å². The highest BCUT2D eigenvalue weighted by molar-refractivity contribution is 7.23. The number of fused-ring (bicyclic) bond motifs is 1. The maximum absolute atomic E-state index is 4.85. The summed E-state index contributed by atoms with van der Waals surface area (Å²) in [6.45, 7) is 6.03. The second kappa shape index (κ2) is 7.18. The summed E-state index contributed by atoms with van der Waals surface area (Å²) >= 11 is 5.20. The van der Waals surface area contributed by atoms with Crippen molar-refractivity contribution in [3.63, 3.8) is 0 Å². The Morgan fingerprint density at radius 3 is 2.52 bits per heavy atom. The Hall–Kier alpha value is -2.03. The molecule has 4 heterocycles. The summed E-state index contributed by atoms with van der Waals surface area (Å²) in [6.07, 6.45) is 1.07. The molecule has 1 aromatic carbocycles. The lowest BCUT2D eigenvalue weighted by Crippen LogP contribution is -2.46. The van der Waals surface area contributed by atoms with Crippen LogP contribution >= 0.6 is 34.0 Å². The number of hydrogen-bond donors (Lipinski definition) is 0. The van der Waals surface area contributed by atoms with E-state index in [0.29, 0.717) is 0 Å². The molecule has 27 heavy (non-hydrogen) atoms. The monoisotopic (exact) mass is 413 g/mol. The summed E-state index contributed by atoms with van der Waals surface area (Å²) in [6, 6.07) is 10.8. The first kappa shape index (κ1) is 17.1. The molecule has 5 nitrogen and oxygen atoms in total. The Bertz CT molecular complexity index is 1040. The Balaban J connectivity index is 1.29. The van der Waals surface area contributed by atoms with Gasteiger partial charge in [-0.2, -0.15) is 0 Å². The molecule has 0 N–H and O–H groups in total. The normalized spacial score (nSPS) is 15.0. The van der Waals surface area contributed by atoms with Crippen molar-refractivity contribution in [1.29, 1.82) is 0 Å². The fraction of sp³-hybridized carbons (Fsp3) is 0.316. The standard InChI is InChI=1S/C19H19N5S3/c1-2-13-5-6-14-16(12-13)26-18(20-14)23-7-9-24(10-8-23)19-22-21-17(27-19)15-4-3-11-25-15/h3-6,11-12H,2,7-10H2,1H3. The zero-order chi connectivity index (χ0) is 18.2. The molecule has 0 saturated carbocycles. The van der Waals surface area contributed by atoms with Crippen molar-refractivity contribution in [3.8, 4) is 9.88 Å².